The van der Waals surface area contributed by atoms with Crippen molar-refractivity contribution in [3.05, 3.63) is 11.6 Å². The first-order chi connectivity index (χ1) is 14.7. The summed E-state index contributed by atoms with van der Waals surface area (Å²) >= 11 is 0. The van der Waals surface area contributed by atoms with Crippen LogP contribution in [0.4, 0.5) is 0 Å². The largest absolute Gasteiger partial charge is 0.393 e. The van der Waals surface area contributed by atoms with E-state index in [9.17, 15) is 10.2 Å². The number of allylic oxidation sites excluding steroid dienone is 1. The molecule has 0 aromatic rings. The summed E-state index contributed by atoms with van der Waals surface area (Å²) in [5, 5.41) is 22.0. The molecule has 0 radical (unpaired) electrons. The second-order valence-corrected chi connectivity index (χ2v) is 12.7. The van der Waals surface area contributed by atoms with Gasteiger partial charge in [-0.15, -0.1) is 0 Å². The monoisotopic (exact) mass is 430 g/mol. The van der Waals surface area contributed by atoms with Crippen molar-refractivity contribution >= 4 is 0 Å². The lowest BCUT2D eigenvalue weighted by atomic mass is 9.46. The highest BCUT2D eigenvalue weighted by Crippen LogP contribution is 2.70. The van der Waals surface area contributed by atoms with Crippen molar-refractivity contribution in [1.29, 1.82) is 0 Å². The molecule has 6 rings (SSSR count). The molecule has 0 amide bonds. The van der Waals surface area contributed by atoms with Crippen LogP contribution in [0.1, 0.15) is 79.1 Å². The van der Waals surface area contributed by atoms with Crippen LogP contribution in [-0.2, 0) is 9.47 Å². The lowest BCUT2D eigenvalue weighted by Crippen LogP contribution is -2.57. The first-order valence-electron chi connectivity index (χ1n) is 13.1. The fourth-order valence-electron chi connectivity index (χ4n) is 9.61. The second kappa shape index (κ2) is 6.81. The van der Waals surface area contributed by atoms with Crippen LogP contribution in [0, 0.1) is 46.3 Å². The van der Waals surface area contributed by atoms with Crippen molar-refractivity contribution in [2.24, 2.45) is 46.3 Å². The summed E-state index contributed by atoms with van der Waals surface area (Å²) in [6.07, 6.45) is 10.3. The van der Waals surface area contributed by atoms with Crippen molar-refractivity contribution in [2.45, 2.75) is 103 Å². The van der Waals surface area contributed by atoms with E-state index in [0.29, 0.717) is 35.5 Å². The van der Waals surface area contributed by atoms with Crippen molar-refractivity contribution in [3.8, 4) is 0 Å². The van der Waals surface area contributed by atoms with E-state index in [1.54, 1.807) is 0 Å². The molecule has 3 saturated carbocycles. The molecule has 4 heteroatoms. The maximum absolute atomic E-state index is 11.8. The normalized spacial score (nSPS) is 60.7. The molecule has 4 nitrogen and oxygen atoms in total. The summed E-state index contributed by atoms with van der Waals surface area (Å²) in [4.78, 5) is 0. The minimum absolute atomic E-state index is 0.0863. The smallest absolute Gasteiger partial charge is 0.171 e. The molecule has 31 heavy (non-hydrogen) atoms. The van der Waals surface area contributed by atoms with Crippen LogP contribution in [0.3, 0.4) is 0 Å². The van der Waals surface area contributed by atoms with Gasteiger partial charge in [-0.2, -0.15) is 0 Å². The number of hydrogen-bond donors (Lipinski definition) is 2. The maximum Gasteiger partial charge on any atom is 0.171 e. The van der Waals surface area contributed by atoms with Crippen molar-refractivity contribution < 1.29 is 19.7 Å². The molecule has 2 aliphatic heterocycles. The number of fused-ring (bicyclic) bond motifs is 7. The van der Waals surface area contributed by atoms with Crippen LogP contribution >= 0.6 is 0 Å². The molecule has 4 aliphatic carbocycles. The summed E-state index contributed by atoms with van der Waals surface area (Å²) < 4.78 is 13.2. The number of aliphatic hydroxyl groups excluding tert-OH is 2. The summed E-state index contributed by atoms with van der Waals surface area (Å²) in [7, 11) is 0. The Morgan fingerprint density at radius 3 is 2.58 bits per heavy atom. The molecule has 0 aromatic heterocycles. The Kier molecular flexibility index (Phi) is 4.64. The molecular formula is C27H42O4. The Hall–Kier alpha value is -0.420. The topological polar surface area (TPSA) is 58.9 Å². The standard InChI is InChI=1S/C27H42O4/c1-15-7-10-27(30-14-15)16(2)24-22(31-27)12-21-19-6-5-17-11-18(28)8-9-25(17,3)20(19)13-23(29)26(21,24)4/h5,15-16,18-24,28-29H,6-14H2,1-4H3/t15?,16-,18-,19+,20-,21-,22-,23+,24-,25-,26+,27+/m0/s1. The maximum atomic E-state index is 11.8. The molecule has 1 spiro atoms. The van der Waals surface area contributed by atoms with Crippen molar-refractivity contribution in [1.82, 2.24) is 0 Å². The molecule has 2 saturated heterocycles. The van der Waals surface area contributed by atoms with Gasteiger partial charge in [-0.05, 0) is 74.0 Å². The van der Waals surface area contributed by atoms with Gasteiger partial charge in [0.1, 0.15) is 0 Å². The molecule has 12 atom stereocenters. The molecule has 5 fully saturated rings. The first-order valence-corrected chi connectivity index (χ1v) is 13.1. The van der Waals surface area contributed by atoms with Crippen LogP contribution < -0.4 is 0 Å². The van der Waals surface area contributed by atoms with E-state index in [4.69, 9.17) is 9.47 Å². The van der Waals surface area contributed by atoms with Gasteiger partial charge in [-0.25, -0.2) is 0 Å². The zero-order chi connectivity index (χ0) is 21.8. The SMILES string of the molecule is CC1CC[C@@]2(OC1)O[C@H]1C[C@H]3[C@@H]4CC=C5C[C@@H](O)CC[C@]5(C)[C@H]4C[C@@H](O)[C@]3(C)[C@H]1[C@@H]2C. The summed E-state index contributed by atoms with van der Waals surface area (Å²) in [5.74, 6) is 2.58. The third-order valence-corrected chi connectivity index (χ3v) is 11.5. The fourth-order valence-corrected chi connectivity index (χ4v) is 9.61. The molecule has 6 aliphatic rings. The van der Waals surface area contributed by atoms with Crippen molar-refractivity contribution in [2.75, 3.05) is 6.61 Å². The van der Waals surface area contributed by atoms with Crippen LogP contribution in [0.15, 0.2) is 11.6 Å². The zero-order valence-corrected chi connectivity index (χ0v) is 19.8. The van der Waals surface area contributed by atoms with E-state index in [0.717, 1.165) is 51.6 Å². The number of rotatable bonds is 0. The van der Waals surface area contributed by atoms with Gasteiger partial charge >= 0.3 is 0 Å². The molecule has 2 N–H and O–H groups in total. The Morgan fingerprint density at radius 2 is 1.84 bits per heavy atom. The molecule has 2 heterocycles. The highest BCUT2D eigenvalue weighted by Gasteiger charge is 2.71. The predicted octanol–water partition coefficient (Wildman–Crippen LogP) is 4.68. The zero-order valence-electron chi connectivity index (χ0n) is 19.8. The van der Waals surface area contributed by atoms with Crippen LogP contribution in [0.5, 0.6) is 0 Å². The third kappa shape index (κ3) is 2.68. The summed E-state index contributed by atoms with van der Waals surface area (Å²) in [6.45, 7) is 10.2. The minimum atomic E-state index is -0.419. The Balaban J connectivity index is 1.32. The second-order valence-electron chi connectivity index (χ2n) is 12.7. The molecule has 174 valence electrons. The molecule has 0 bridgehead atoms. The van der Waals surface area contributed by atoms with Gasteiger partial charge in [0.2, 0.25) is 0 Å². The lowest BCUT2D eigenvalue weighted by molar-refractivity contribution is -0.273. The lowest BCUT2D eigenvalue weighted by Gasteiger charge is -2.60. The average Bonchev–Trinajstić information content (AvgIpc) is 3.18. The number of hydrogen-bond acceptors (Lipinski definition) is 4. The van der Waals surface area contributed by atoms with E-state index in [1.807, 2.05) is 0 Å². The minimum Gasteiger partial charge on any atom is -0.393 e. The van der Waals surface area contributed by atoms with Gasteiger partial charge in [0.25, 0.3) is 0 Å². The van der Waals surface area contributed by atoms with Gasteiger partial charge < -0.3 is 19.7 Å². The fraction of sp³-hybridized carbons (Fsp3) is 0.926. The van der Waals surface area contributed by atoms with Crippen molar-refractivity contribution in [3.63, 3.8) is 0 Å². The van der Waals surface area contributed by atoms with Gasteiger partial charge in [-0.3, -0.25) is 0 Å². The van der Waals surface area contributed by atoms with Crippen LogP contribution in [0.2, 0.25) is 0 Å². The molecule has 1 unspecified atom stereocenters. The van der Waals surface area contributed by atoms with E-state index >= 15 is 0 Å². The summed E-state index contributed by atoms with van der Waals surface area (Å²) in [6, 6.07) is 0. The first kappa shape index (κ1) is 21.1. The quantitative estimate of drug-likeness (QED) is 0.548. The molecule has 0 aromatic carbocycles. The Morgan fingerprint density at radius 1 is 1.03 bits per heavy atom. The number of ether oxygens (including phenoxy) is 2. The van der Waals surface area contributed by atoms with Gasteiger partial charge in [0, 0.05) is 23.7 Å². The van der Waals surface area contributed by atoms with Crippen LogP contribution in [0.25, 0.3) is 0 Å². The van der Waals surface area contributed by atoms with E-state index in [1.165, 1.54) is 12.0 Å². The highest BCUT2D eigenvalue weighted by atomic mass is 16.7. The Labute approximate surface area is 187 Å². The third-order valence-electron chi connectivity index (χ3n) is 11.5. The Bertz CT molecular complexity index is 769. The summed E-state index contributed by atoms with van der Waals surface area (Å²) in [5.41, 5.74) is 1.53. The molecular weight excluding hydrogens is 388 g/mol. The highest BCUT2D eigenvalue weighted by molar-refractivity contribution is 5.27. The van der Waals surface area contributed by atoms with Gasteiger partial charge in [0.15, 0.2) is 5.79 Å². The van der Waals surface area contributed by atoms with E-state index < -0.39 is 5.79 Å². The van der Waals surface area contributed by atoms with E-state index in [-0.39, 0.29) is 29.1 Å². The number of aliphatic hydroxyl groups is 2. The van der Waals surface area contributed by atoms with E-state index in [2.05, 4.69) is 33.8 Å². The van der Waals surface area contributed by atoms with Gasteiger partial charge in [-0.1, -0.05) is 39.3 Å². The van der Waals surface area contributed by atoms with Gasteiger partial charge in [0.05, 0.1) is 24.9 Å². The predicted molar refractivity (Wildman–Crippen MR) is 119 cm³/mol. The average molecular weight is 431 g/mol. The van der Waals surface area contributed by atoms with Crippen LogP contribution in [-0.4, -0.2) is 40.9 Å².